The highest BCUT2D eigenvalue weighted by molar-refractivity contribution is 7.13. The zero-order chi connectivity index (χ0) is 18.5. The number of aryl methyl sites for hydroxylation is 1. The van der Waals surface area contributed by atoms with Crippen molar-refractivity contribution in [2.45, 2.75) is 39.7 Å². The Balaban J connectivity index is 0.000000948. The van der Waals surface area contributed by atoms with E-state index in [1.165, 1.54) is 22.4 Å². The summed E-state index contributed by atoms with van der Waals surface area (Å²) in [6.07, 6.45) is 2.40. The third-order valence-electron chi connectivity index (χ3n) is 4.69. The molecule has 2 aliphatic rings. The molecule has 5 heteroatoms. The Bertz CT molecular complexity index is 745. The van der Waals surface area contributed by atoms with Crippen LogP contribution in [0, 0.1) is 6.92 Å². The van der Waals surface area contributed by atoms with E-state index in [-0.39, 0.29) is 6.10 Å². The van der Waals surface area contributed by atoms with E-state index < -0.39 is 0 Å². The Morgan fingerprint density at radius 2 is 1.85 bits per heavy atom. The number of hydrogen-bond donors (Lipinski definition) is 1. The Labute approximate surface area is 160 Å². The quantitative estimate of drug-likeness (QED) is 0.833. The lowest BCUT2D eigenvalue weighted by Crippen LogP contribution is -2.35. The molecule has 0 saturated carbocycles. The zero-order valence-electron chi connectivity index (χ0n) is 16.2. The topological polar surface area (TPSA) is 36.9 Å². The molecule has 1 saturated heterocycles. The van der Waals surface area contributed by atoms with E-state index in [1.807, 2.05) is 13.8 Å². The second-order valence-corrected chi connectivity index (χ2v) is 7.44. The number of nitrogens with one attached hydrogen (secondary N) is 1. The fourth-order valence-corrected chi connectivity index (χ4v) is 4.37. The average molecular weight is 372 g/mol. The molecule has 0 spiro atoms. The van der Waals surface area contributed by atoms with E-state index in [0.717, 1.165) is 36.7 Å². The predicted molar refractivity (Wildman–Crippen MR) is 113 cm³/mol. The maximum Gasteiger partial charge on any atom is 0.230 e. The third-order valence-corrected chi connectivity index (χ3v) is 5.65. The van der Waals surface area contributed by atoms with Crippen LogP contribution in [0.25, 0.3) is 11.1 Å². The summed E-state index contributed by atoms with van der Waals surface area (Å²) < 4.78 is 6.27. The highest BCUT2D eigenvalue weighted by atomic mass is 32.1. The van der Waals surface area contributed by atoms with Crippen LogP contribution in [0.2, 0.25) is 0 Å². The number of thiophene rings is 1. The van der Waals surface area contributed by atoms with E-state index in [1.54, 1.807) is 11.3 Å². The van der Waals surface area contributed by atoms with Crippen molar-refractivity contribution < 1.29 is 4.74 Å². The SMILES string of the molecule is CC.Cc1ccc(-c2csc3c2N(C)CN=C3OC2CCNCC2)cc1. The molecule has 0 atom stereocenters. The number of anilines is 1. The molecule has 140 valence electrons. The van der Waals surface area contributed by atoms with Crippen molar-refractivity contribution in [3.05, 3.63) is 40.1 Å². The van der Waals surface area contributed by atoms with Gasteiger partial charge in [-0.2, -0.15) is 0 Å². The standard InChI is InChI=1S/C19H23N3OS.C2H6/c1-13-3-5-14(6-4-13)16-11-24-18-17(16)22(2)12-21-19(18)23-15-7-9-20-10-8-15;1-2/h3-6,11,15,20H,7-10,12H2,1-2H3;1-2H3. The first-order chi connectivity index (χ1) is 12.7. The first-order valence-corrected chi connectivity index (χ1v) is 10.4. The lowest BCUT2D eigenvalue weighted by molar-refractivity contribution is 0.150. The van der Waals surface area contributed by atoms with E-state index in [4.69, 9.17) is 4.74 Å². The normalized spacial score (nSPS) is 17.1. The molecule has 0 radical (unpaired) electrons. The fraction of sp³-hybridized carbons (Fsp3) is 0.476. The zero-order valence-corrected chi connectivity index (χ0v) is 17.0. The Kier molecular flexibility index (Phi) is 6.33. The summed E-state index contributed by atoms with van der Waals surface area (Å²) >= 11 is 1.74. The second kappa shape index (κ2) is 8.69. The smallest absolute Gasteiger partial charge is 0.230 e. The van der Waals surface area contributed by atoms with Gasteiger partial charge in [0.25, 0.3) is 0 Å². The van der Waals surface area contributed by atoms with Gasteiger partial charge in [0.1, 0.15) is 17.6 Å². The summed E-state index contributed by atoms with van der Waals surface area (Å²) in [5.74, 6) is 0.832. The summed E-state index contributed by atoms with van der Waals surface area (Å²) in [5, 5.41) is 5.62. The van der Waals surface area contributed by atoms with Crippen LogP contribution >= 0.6 is 11.3 Å². The lowest BCUT2D eigenvalue weighted by atomic mass is 10.0. The van der Waals surface area contributed by atoms with Crippen LogP contribution in [0.1, 0.15) is 37.1 Å². The molecule has 1 aromatic carbocycles. The minimum absolute atomic E-state index is 0.284. The van der Waals surface area contributed by atoms with Crippen molar-refractivity contribution in [1.29, 1.82) is 0 Å². The highest BCUT2D eigenvalue weighted by Gasteiger charge is 2.27. The number of nitrogens with zero attached hydrogens (tertiary/aromatic N) is 2. The molecule has 4 rings (SSSR count). The van der Waals surface area contributed by atoms with Gasteiger partial charge in [0, 0.05) is 18.0 Å². The summed E-state index contributed by atoms with van der Waals surface area (Å²) in [7, 11) is 2.11. The molecule has 2 aromatic rings. The number of hydrogen-bond acceptors (Lipinski definition) is 5. The van der Waals surface area contributed by atoms with Gasteiger partial charge in [0.2, 0.25) is 5.90 Å². The van der Waals surface area contributed by atoms with E-state index in [0.29, 0.717) is 6.67 Å². The van der Waals surface area contributed by atoms with Gasteiger partial charge in [-0.05, 0) is 38.4 Å². The Hall–Kier alpha value is -1.85. The molecular weight excluding hydrogens is 342 g/mol. The monoisotopic (exact) mass is 371 g/mol. The number of rotatable bonds is 2. The maximum absolute atomic E-state index is 6.27. The molecule has 0 aliphatic carbocycles. The molecule has 3 heterocycles. The first kappa shape index (κ1) is 18.9. The van der Waals surface area contributed by atoms with Gasteiger partial charge in [-0.25, -0.2) is 4.99 Å². The van der Waals surface area contributed by atoms with Crippen LogP contribution in [-0.2, 0) is 4.74 Å². The average Bonchev–Trinajstić information content (AvgIpc) is 3.13. The van der Waals surface area contributed by atoms with E-state index in [9.17, 15) is 0 Å². The van der Waals surface area contributed by atoms with Gasteiger partial charge in [0.05, 0.1) is 5.69 Å². The van der Waals surface area contributed by atoms with Crippen molar-refractivity contribution in [2.24, 2.45) is 4.99 Å². The van der Waals surface area contributed by atoms with Gasteiger partial charge in [-0.1, -0.05) is 43.7 Å². The lowest BCUT2D eigenvalue weighted by Gasteiger charge is -2.29. The van der Waals surface area contributed by atoms with Gasteiger partial charge in [0.15, 0.2) is 0 Å². The maximum atomic E-state index is 6.27. The molecule has 1 fully saturated rings. The van der Waals surface area contributed by atoms with Crippen molar-refractivity contribution in [3.8, 4) is 11.1 Å². The predicted octanol–water partition coefficient (Wildman–Crippen LogP) is 4.67. The molecule has 26 heavy (non-hydrogen) atoms. The minimum Gasteiger partial charge on any atom is -0.473 e. The van der Waals surface area contributed by atoms with Crippen molar-refractivity contribution >= 4 is 22.9 Å². The molecule has 1 aromatic heterocycles. The molecule has 2 aliphatic heterocycles. The largest absolute Gasteiger partial charge is 0.473 e. The van der Waals surface area contributed by atoms with Crippen LogP contribution in [0.3, 0.4) is 0 Å². The van der Waals surface area contributed by atoms with E-state index >= 15 is 0 Å². The molecular formula is C21H29N3OS. The molecule has 1 N–H and O–H groups in total. The minimum atomic E-state index is 0.284. The van der Waals surface area contributed by atoms with Crippen LogP contribution in [0.15, 0.2) is 34.6 Å². The molecule has 0 unspecified atom stereocenters. The third kappa shape index (κ3) is 3.94. The second-order valence-electron chi connectivity index (χ2n) is 6.56. The van der Waals surface area contributed by atoms with Gasteiger partial charge in [-0.3, -0.25) is 0 Å². The number of ether oxygens (including phenoxy) is 1. The first-order valence-electron chi connectivity index (χ1n) is 9.54. The molecule has 0 bridgehead atoms. The number of fused-ring (bicyclic) bond motifs is 1. The van der Waals surface area contributed by atoms with Crippen LogP contribution in [0.5, 0.6) is 0 Å². The Morgan fingerprint density at radius 1 is 1.15 bits per heavy atom. The van der Waals surface area contributed by atoms with Crippen molar-refractivity contribution in [2.75, 3.05) is 31.7 Å². The molecule has 4 nitrogen and oxygen atoms in total. The van der Waals surface area contributed by atoms with Crippen molar-refractivity contribution in [1.82, 2.24) is 5.32 Å². The van der Waals surface area contributed by atoms with E-state index in [2.05, 4.69) is 58.8 Å². The van der Waals surface area contributed by atoms with Gasteiger partial charge >= 0.3 is 0 Å². The van der Waals surface area contributed by atoms with Crippen LogP contribution in [-0.4, -0.2) is 38.8 Å². The fourth-order valence-electron chi connectivity index (χ4n) is 3.30. The van der Waals surface area contributed by atoms with Gasteiger partial charge < -0.3 is 15.0 Å². The number of piperidine rings is 1. The van der Waals surface area contributed by atoms with Gasteiger partial charge in [-0.15, -0.1) is 11.3 Å². The van der Waals surface area contributed by atoms with Crippen molar-refractivity contribution in [3.63, 3.8) is 0 Å². The summed E-state index contributed by atoms with van der Waals surface area (Å²) in [4.78, 5) is 8.06. The summed E-state index contributed by atoms with van der Waals surface area (Å²) in [6.45, 7) is 8.84. The highest BCUT2D eigenvalue weighted by Crippen LogP contribution is 2.41. The summed E-state index contributed by atoms with van der Waals surface area (Å²) in [5.41, 5.74) is 5.07. The van der Waals surface area contributed by atoms with Crippen LogP contribution < -0.4 is 10.2 Å². The summed E-state index contributed by atoms with van der Waals surface area (Å²) in [6, 6.07) is 8.74. The molecule has 0 amide bonds. The number of aliphatic imine (C=N–C) groups is 1. The van der Waals surface area contributed by atoms with Crippen LogP contribution in [0.4, 0.5) is 5.69 Å². The number of benzene rings is 1. The Morgan fingerprint density at radius 3 is 2.54 bits per heavy atom.